The maximum atomic E-state index is 13.2. The molecule has 1 saturated heterocycles. The molecule has 0 aliphatic carbocycles. The molecule has 1 unspecified atom stereocenters. The van der Waals surface area contributed by atoms with Crippen molar-refractivity contribution < 1.29 is 13.9 Å². The number of hydrogen-bond donors (Lipinski definition) is 1. The molecule has 1 aromatic carbocycles. The second kappa shape index (κ2) is 6.31. The van der Waals surface area contributed by atoms with Crippen molar-refractivity contribution in [2.45, 2.75) is 12.6 Å². The van der Waals surface area contributed by atoms with E-state index in [1.165, 1.54) is 6.07 Å². The Balaban J connectivity index is 1.75. The zero-order chi connectivity index (χ0) is 12.1. The molecule has 17 heavy (non-hydrogen) atoms. The Morgan fingerprint density at radius 2 is 2.29 bits per heavy atom. The monoisotopic (exact) mass is 259 g/mol. The van der Waals surface area contributed by atoms with E-state index in [0.29, 0.717) is 32.9 Å². The molecule has 5 heteroatoms. The summed E-state index contributed by atoms with van der Waals surface area (Å²) in [7, 11) is 0. The van der Waals surface area contributed by atoms with Crippen molar-refractivity contribution in [1.82, 2.24) is 5.32 Å². The van der Waals surface area contributed by atoms with Gasteiger partial charge < -0.3 is 14.8 Å². The minimum Gasteiger partial charge on any atom is -0.376 e. The highest BCUT2D eigenvalue weighted by atomic mass is 35.5. The van der Waals surface area contributed by atoms with Crippen molar-refractivity contribution in [2.75, 3.05) is 26.4 Å². The van der Waals surface area contributed by atoms with E-state index < -0.39 is 0 Å². The van der Waals surface area contributed by atoms with E-state index in [2.05, 4.69) is 5.32 Å². The molecule has 0 bridgehead atoms. The molecule has 1 aromatic rings. The quantitative estimate of drug-likeness (QED) is 0.897. The molecule has 1 heterocycles. The first-order valence-corrected chi connectivity index (χ1v) is 5.97. The Kier molecular flexibility index (Phi) is 4.74. The first-order valence-electron chi connectivity index (χ1n) is 5.59. The zero-order valence-corrected chi connectivity index (χ0v) is 10.2. The fourth-order valence-corrected chi connectivity index (χ4v) is 1.80. The molecule has 0 amide bonds. The van der Waals surface area contributed by atoms with Crippen LogP contribution in [-0.2, 0) is 16.0 Å². The summed E-state index contributed by atoms with van der Waals surface area (Å²) in [5.41, 5.74) is 0.864. The SMILES string of the molecule is Fc1cc(CNCC2COCCO2)ccc1Cl. The largest absolute Gasteiger partial charge is 0.376 e. The summed E-state index contributed by atoms with van der Waals surface area (Å²) in [6.45, 7) is 3.21. The number of hydrogen-bond acceptors (Lipinski definition) is 3. The second-order valence-corrected chi connectivity index (χ2v) is 4.35. The maximum Gasteiger partial charge on any atom is 0.142 e. The molecule has 0 aromatic heterocycles. The van der Waals surface area contributed by atoms with Gasteiger partial charge in [0, 0.05) is 13.1 Å². The Morgan fingerprint density at radius 1 is 1.41 bits per heavy atom. The van der Waals surface area contributed by atoms with Crippen molar-refractivity contribution in [3.8, 4) is 0 Å². The van der Waals surface area contributed by atoms with Crippen molar-refractivity contribution >= 4 is 11.6 Å². The summed E-state index contributed by atoms with van der Waals surface area (Å²) in [5, 5.41) is 3.35. The van der Waals surface area contributed by atoms with E-state index >= 15 is 0 Å². The minimum absolute atomic E-state index is 0.0842. The number of ether oxygens (including phenoxy) is 2. The molecule has 0 radical (unpaired) electrons. The molecule has 2 rings (SSSR count). The van der Waals surface area contributed by atoms with Gasteiger partial charge in [-0.25, -0.2) is 4.39 Å². The van der Waals surface area contributed by atoms with Crippen molar-refractivity contribution in [2.24, 2.45) is 0 Å². The van der Waals surface area contributed by atoms with Gasteiger partial charge in [0.15, 0.2) is 0 Å². The highest BCUT2D eigenvalue weighted by molar-refractivity contribution is 6.30. The van der Waals surface area contributed by atoms with Gasteiger partial charge >= 0.3 is 0 Å². The van der Waals surface area contributed by atoms with Crippen LogP contribution in [0.4, 0.5) is 4.39 Å². The first-order chi connectivity index (χ1) is 8.25. The van der Waals surface area contributed by atoms with Crippen LogP contribution in [-0.4, -0.2) is 32.5 Å². The maximum absolute atomic E-state index is 13.2. The van der Waals surface area contributed by atoms with Crippen LogP contribution in [0.15, 0.2) is 18.2 Å². The third-order valence-corrected chi connectivity index (χ3v) is 2.88. The van der Waals surface area contributed by atoms with Gasteiger partial charge in [-0.1, -0.05) is 17.7 Å². The van der Waals surface area contributed by atoms with E-state index in [1.807, 2.05) is 0 Å². The molecule has 1 atom stereocenters. The highest BCUT2D eigenvalue weighted by Crippen LogP contribution is 2.15. The molecule has 1 fully saturated rings. The van der Waals surface area contributed by atoms with E-state index in [1.54, 1.807) is 12.1 Å². The summed E-state index contributed by atoms with van der Waals surface area (Å²) < 4.78 is 23.9. The molecular weight excluding hydrogens is 245 g/mol. The van der Waals surface area contributed by atoms with Crippen LogP contribution in [0, 0.1) is 5.82 Å². The van der Waals surface area contributed by atoms with Gasteiger partial charge in [-0.15, -0.1) is 0 Å². The molecular formula is C12H15ClFNO2. The highest BCUT2D eigenvalue weighted by Gasteiger charge is 2.13. The molecule has 94 valence electrons. The summed E-state index contributed by atoms with van der Waals surface area (Å²) in [5.74, 6) is -0.386. The number of nitrogens with one attached hydrogen (secondary N) is 1. The van der Waals surface area contributed by atoms with Crippen LogP contribution >= 0.6 is 11.6 Å². The fraction of sp³-hybridized carbons (Fsp3) is 0.500. The lowest BCUT2D eigenvalue weighted by atomic mass is 10.2. The molecule has 1 aliphatic rings. The van der Waals surface area contributed by atoms with E-state index in [0.717, 1.165) is 5.56 Å². The van der Waals surface area contributed by atoms with Crippen LogP contribution in [0.3, 0.4) is 0 Å². The Hall–Kier alpha value is -0.680. The van der Waals surface area contributed by atoms with Crippen LogP contribution < -0.4 is 5.32 Å². The lowest BCUT2D eigenvalue weighted by molar-refractivity contribution is -0.0864. The van der Waals surface area contributed by atoms with E-state index in [-0.39, 0.29) is 16.9 Å². The fourth-order valence-electron chi connectivity index (χ4n) is 1.68. The van der Waals surface area contributed by atoms with Gasteiger partial charge in [-0.05, 0) is 17.7 Å². The van der Waals surface area contributed by atoms with Gasteiger partial charge in [0.25, 0.3) is 0 Å². The van der Waals surface area contributed by atoms with Crippen LogP contribution in [0.1, 0.15) is 5.56 Å². The van der Waals surface area contributed by atoms with Crippen LogP contribution in [0.5, 0.6) is 0 Å². The summed E-state index contributed by atoms with van der Waals surface area (Å²) in [6, 6.07) is 4.80. The van der Waals surface area contributed by atoms with Gasteiger partial charge in [-0.2, -0.15) is 0 Å². The molecule has 1 aliphatic heterocycles. The van der Waals surface area contributed by atoms with Gasteiger partial charge in [0.2, 0.25) is 0 Å². The first kappa shape index (κ1) is 12.8. The molecule has 0 spiro atoms. The van der Waals surface area contributed by atoms with Crippen LogP contribution in [0.2, 0.25) is 5.02 Å². The predicted octanol–water partition coefficient (Wildman–Crippen LogP) is 1.98. The summed E-state index contributed by atoms with van der Waals surface area (Å²) >= 11 is 5.60. The average Bonchev–Trinajstić information content (AvgIpc) is 2.35. The van der Waals surface area contributed by atoms with Crippen molar-refractivity contribution in [1.29, 1.82) is 0 Å². The average molecular weight is 260 g/mol. The van der Waals surface area contributed by atoms with E-state index in [9.17, 15) is 4.39 Å². The topological polar surface area (TPSA) is 30.5 Å². The Morgan fingerprint density at radius 3 is 3.00 bits per heavy atom. The second-order valence-electron chi connectivity index (χ2n) is 3.95. The van der Waals surface area contributed by atoms with E-state index in [4.69, 9.17) is 21.1 Å². The van der Waals surface area contributed by atoms with Gasteiger partial charge in [0.1, 0.15) is 5.82 Å². The Bertz CT molecular complexity index is 370. The number of halogens is 2. The Labute approximate surface area is 105 Å². The molecule has 0 saturated carbocycles. The lowest BCUT2D eigenvalue weighted by Gasteiger charge is -2.23. The van der Waals surface area contributed by atoms with Gasteiger partial charge in [-0.3, -0.25) is 0 Å². The number of benzene rings is 1. The lowest BCUT2D eigenvalue weighted by Crippen LogP contribution is -2.37. The smallest absolute Gasteiger partial charge is 0.142 e. The minimum atomic E-state index is -0.386. The summed E-state index contributed by atoms with van der Waals surface area (Å²) in [4.78, 5) is 0. The van der Waals surface area contributed by atoms with Gasteiger partial charge in [0.05, 0.1) is 30.9 Å². The van der Waals surface area contributed by atoms with Crippen molar-refractivity contribution in [3.05, 3.63) is 34.6 Å². The standard InChI is InChI=1S/C12H15ClFNO2/c13-11-2-1-9(5-12(11)14)6-15-7-10-8-16-3-4-17-10/h1-2,5,10,15H,3-4,6-8H2. The summed E-state index contributed by atoms with van der Waals surface area (Å²) in [6.07, 6.45) is 0.0842. The molecule has 3 nitrogen and oxygen atoms in total. The van der Waals surface area contributed by atoms with Crippen LogP contribution in [0.25, 0.3) is 0 Å². The third kappa shape index (κ3) is 3.92. The zero-order valence-electron chi connectivity index (χ0n) is 9.42. The molecule has 1 N–H and O–H groups in total. The predicted molar refractivity (Wildman–Crippen MR) is 63.7 cm³/mol. The third-order valence-electron chi connectivity index (χ3n) is 2.57. The normalized spacial score (nSPS) is 20.5. The number of rotatable bonds is 4. The van der Waals surface area contributed by atoms with Crippen molar-refractivity contribution in [3.63, 3.8) is 0 Å².